The van der Waals surface area contributed by atoms with Crippen LogP contribution < -0.4 is 4.90 Å². The maximum Gasteiger partial charge on any atom is 0.0618 e. The summed E-state index contributed by atoms with van der Waals surface area (Å²) in [4.78, 5) is 2.45. The summed E-state index contributed by atoms with van der Waals surface area (Å²) >= 11 is 0. The molecule has 0 aromatic heterocycles. The monoisotopic (exact) mass is 547 g/mol. The van der Waals surface area contributed by atoms with E-state index in [4.69, 9.17) is 0 Å². The first-order chi connectivity index (χ1) is 20.5. The third-order valence-corrected chi connectivity index (χ3v) is 8.48. The van der Waals surface area contributed by atoms with E-state index in [1.807, 2.05) is 0 Å². The van der Waals surface area contributed by atoms with Crippen LogP contribution in [0.4, 0.5) is 17.1 Å². The first kappa shape index (κ1) is 27.8. The van der Waals surface area contributed by atoms with Crippen LogP contribution in [0.2, 0.25) is 0 Å². The Morgan fingerprint density at radius 2 is 1.00 bits per heavy atom. The molecule has 0 heterocycles. The number of anilines is 3. The summed E-state index contributed by atoms with van der Waals surface area (Å²) in [5, 5.41) is 5.12. The Hall–Kier alpha value is -4.36. The zero-order chi connectivity index (χ0) is 29.1. The highest BCUT2D eigenvalue weighted by atomic mass is 15.1. The third-order valence-electron chi connectivity index (χ3n) is 8.48. The van der Waals surface area contributed by atoms with Crippen LogP contribution in [0.3, 0.4) is 0 Å². The average Bonchev–Trinajstić information content (AvgIpc) is 3.01. The first-order valence-corrected chi connectivity index (χ1v) is 15.5. The number of unbranched alkanes of at least 4 members (excludes halogenated alkanes) is 1. The lowest BCUT2D eigenvalue weighted by molar-refractivity contribution is 0.538. The van der Waals surface area contributed by atoms with Gasteiger partial charge in [0.15, 0.2) is 0 Å². The highest BCUT2D eigenvalue weighted by Crippen LogP contribution is 2.48. The Kier molecular flexibility index (Phi) is 8.11. The van der Waals surface area contributed by atoms with Gasteiger partial charge in [0.2, 0.25) is 0 Å². The summed E-state index contributed by atoms with van der Waals surface area (Å²) in [6.45, 7) is 8.95. The van der Waals surface area contributed by atoms with E-state index < -0.39 is 0 Å². The van der Waals surface area contributed by atoms with Crippen molar-refractivity contribution in [2.24, 2.45) is 5.92 Å². The van der Waals surface area contributed by atoms with Gasteiger partial charge in [0.1, 0.15) is 0 Å². The zero-order valence-electron chi connectivity index (χ0n) is 25.4. The Balaban J connectivity index is 1.62. The lowest BCUT2D eigenvalue weighted by atomic mass is 9.87. The molecule has 0 amide bonds. The summed E-state index contributed by atoms with van der Waals surface area (Å²) in [7, 11) is 0. The molecule has 0 N–H and O–H groups in total. The van der Waals surface area contributed by atoms with Gasteiger partial charge in [-0.1, -0.05) is 135 Å². The minimum atomic E-state index is 0.755. The van der Waals surface area contributed by atoms with Crippen molar-refractivity contribution in [2.75, 3.05) is 4.90 Å². The van der Waals surface area contributed by atoms with Crippen LogP contribution in [0, 0.1) is 19.8 Å². The molecule has 1 heteroatoms. The molecule has 210 valence electrons. The topological polar surface area (TPSA) is 3.24 Å². The van der Waals surface area contributed by atoms with Crippen LogP contribution in [-0.4, -0.2) is 0 Å². The Bertz CT molecular complexity index is 1710. The van der Waals surface area contributed by atoms with Gasteiger partial charge in [-0.25, -0.2) is 0 Å². The number of hydrogen-bond acceptors (Lipinski definition) is 1. The molecule has 0 aliphatic heterocycles. The Labute approximate surface area is 251 Å². The Morgan fingerprint density at radius 3 is 1.52 bits per heavy atom. The van der Waals surface area contributed by atoms with Gasteiger partial charge in [0.05, 0.1) is 5.69 Å². The minimum Gasteiger partial charge on any atom is -0.309 e. The van der Waals surface area contributed by atoms with E-state index >= 15 is 0 Å². The summed E-state index contributed by atoms with van der Waals surface area (Å²) < 4.78 is 0. The summed E-state index contributed by atoms with van der Waals surface area (Å²) in [5.74, 6) is 0.755. The van der Waals surface area contributed by atoms with Gasteiger partial charge in [-0.15, -0.1) is 0 Å². The van der Waals surface area contributed by atoms with Gasteiger partial charge >= 0.3 is 0 Å². The second kappa shape index (κ2) is 12.2. The molecule has 6 aromatic rings. The van der Waals surface area contributed by atoms with Crippen LogP contribution in [0.15, 0.2) is 121 Å². The molecule has 0 saturated carbocycles. The van der Waals surface area contributed by atoms with E-state index in [1.165, 1.54) is 74.3 Å². The van der Waals surface area contributed by atoms with Crippen molar-refractivity contribution in [1.82, 2.24) is 0 Å². The highest BCUT2D eigenvalue weighted by molar-refractivity contribution is 6.22. The molecule has 6 rings (SSSR count). The van der Waals surface area contributed by atoms with Crippen LogP contribution >= 0.6 is 0 Å². The smallest absolute Gasteiger partial charge is 0.0618 e. The van der Waals surface area contributed by atoms with Crippen molar-refractivity contribution in [2.45, 2.75) is 53.4 Å². The summed E-state index contributed by atoms with van der Waals surface area (Å²) in [6.07, 6.45) is 4.88. The summed E-state index contributed by atoms with van der Waals surface area (Å²) in [5.41, 5.74) is 10.2. The maximum atomic E-state index is 2.45. The predicted molar refractivity (Wildman–Crippen MR) is 183 cm³/mol. The van der Waals surface area contributed by atoms with Gasteiger partial charge in [0.25, 0.3) is 0 Å². The van der Waals surface area contributed by atoms with Crippen LogP contribution in [0.1, 0.15) is 49.8 Å². The lowest BCUT2D eigenvalue weighted by Gasteiger charge is -2.30. The fourth-order valence-corrected chi connectivity index (χ4v) is 6.28. The van der Waals surface area contributed by atoms with E-state index in [-0.39, 0.29) is 0 Å². The van der Waals surface area contributed by atoms with Crippen molar-refractivity contribution in [1.29, 1.82) is 0 Å². The van der Waals surface area contributed by atoms with Gasteiger partial charge in [-0.05, 0) is 84.3 Å². The summed E-state index contributed by atoms with van der Waals surface area (Å²) in [6, 6.07) is 44.9. The number of hydrogen-bond donors (Lipinski definition) is 0. The van der Waals surface area contributed by atoms with Crippen molar-refractivity contribution in [3.8, 4) is 11.1 Å². The van der Waals surface area contributed by atoms with Crippen LogP contribution in [0.5, 0.6) is 0 Å². The van der Waals surface area contributed by atoms with Gasteiger partial charge in [-0.3, -0.25) is 0 Å². The van der Waals surface area contributed by atoms with E-state index in [9.17, 15) is 0 Å². The highest BCUT2D eigenvalue weighted by Gasteiger charge is 2.22. The van der Waals surface area contributed by atoms with E-state index in [2.05, 4.69) is 154 Å². The Morgan fingerprint density at radius 1 is 0.524 bits per heavy atom. The standard InChI is InChI=1S/C41H41N/c1-29(2)13-5-6-14-32-15-7-8-16-35(32)40-36-17-9-11-19-38(36)41(39-20-12-10-18-37(39)40)42(33-25-21-30(3)22-26-33)34-27-23-31(4)24-28-34/h7-12,15-29H,5-6,13-14H2,1-4H3. The molecule has 1 nitrogen and oxygen atoms in total. The molecule has 0 aliphatic rings. The third kappa shape index (κ3) is 5.57. The van der Waals surface area contributed by atoms with Gasteiger partial charge in [-0.2, -0.15) is 0 Å². The molecule has 0 radical (unpaired) electrons. The number of nitrogens with zero attached hydrogens (tertiary/aromatic N) is 1. The molecule has 42 heavy (non-hydrogen) atoms. The van der Waals surface area contributed by atoms with E-state index in [0.29, 0.717) is 0 Å². The fraction of sp³-hybridized carbons (Fsp3) is 0.220. The molecule has 0 fully saturated rings. The van der Waals surface area contributed by atoms with Gasteiger partial charge < -0.3 is 4.90 Å². The number of benzene rings is 6. The van der Waals surface area contributed by atoms with E-state index in [0.717, 1.165) is 23.7 Å². The van der Waals surface area contributed by atoms with Crippen molar-refractivity contribution < 1.29 is 0 Å². The molecule has 6 aromatic carbocycles. The van der Waals surface area contributed by atoms with Crippen molar-refractivity contribution >= 4 is 38.6 Å². The first-order valence-electron chi connectivity index (χ1n) is 15.5. The predicted octanol–water partition coefficient (Wildman–Crippen LogP) is 12.1. The fourth-order valence-electron chi connectivity index (χ4n) is 6.28. The quantitative estimate of drug-likeness (QED) is 0.128. The molecule has 0 aliphatic carbocycles. The molecule has 0 atom stereocenters. The molecule has 0 saturated heterocycles. The van der Waals surface area contributed by atoms with Crippen LogP contribution in [-0.2, 0) is 6.42 Å². The van der Waals surface area contributed by atoms with E-state index in [1.54, 1.807) is 0 Å². The number of fused-ring (bicyclic) bond motifs is 2. The normalized spacial score (nSPS) is 11.5. The SMILES string of the molecule is Cc1ccc(N(c2ccc(C)cc2)c2c3ccccc3c(-c3ccccc3CCCCC(C)C)c3ccccc23)cc1. The second-order valence-corrected chi connectivity index (χ2v) is 12.1. The van der Waals surface area contributed by atoms with Crippen LogP contribution in [0.25, 0.3) is 32.7 Å². The number of aryl methyl sites for hydroxylation is 3. The largest absolute Gasteiger partial charge is 0.309 e. The van der Waals surface area contributed by atoms with Gasteiger partial charge in [0, 0.05) is 22.1 Å². The molecule has 0 bridgehead atoms. The van der Waals surface area contributed by atoms with Crippen molar-refractivity contribution in [3.63, 3.8) is 0 Å². The average molecular weight is 548 g/mol. The second-order valence-electron chi connectivity index (χ2n) is 12.1. The maximum absolute atomic E-state index is 2.45. The lowest BCUT2D eigenvalue weighted by Crippen LogP contribution is -2.11. The zero-order valence-corrected chi connectivity index (χ0v) is 25.4. The minimum absolute atomic E-state index is 0.755. The number of rotatable bonds is 9. The molecular weight excluding hydrogens is 506 g/mol. The molecular formula is C41H41N. The van der Waals surface area contributed by atoms with Crippen molar-refractivity contribution in [3.05, 3.63) is 138 Å². The molecule has 0 unspecified atom stereocenters. The molecule has 0 spiro atoms.